The maximum absolute atomic E-state index is 12.1. The van der Waals surface area contributed by atoms with E-state index in [0.717, 1.165) is 25.7 Å². The summed E-state index contributed by atoms with van der Waals surface area (Å²) >= 11 is 1.43. The highest BCUT2D eigenvalue weighted by molar-refractivity contribution is 7.14. The van der Waals surface area contributed by atoms with Gasteiger partial charge in [-0.05, 0) is 43.7 Å². The number of imide groups is 1. The van der Waals surface area contributed by atoms with Crippen molar-refractivity contribution in [1.29, 1.82) is 0 Å². The molecule has 120 valence electrons. The highest BCUT2D eigenvalue weighted by Gasteiger charge is 2.25. The third-order valence-electron chi connectivity index (χ3n) is 3.86. The van der Waals surface area contributed by atoms with Crippen LogP contribution in [-0.4, -0.2) is 24.0 Å². The summed E-state index contributed by atoms with van der Waals surface area (Å²) in [5, 5.41) is 1.89. The van der Waals surface area contributed by atoms with E-state index in [0.29, 0.717) is 10.8 Å². The van der Waals surface area contributed by atoms with Gasteiger partial charge in [0.2, 0.25) is 0 Å². The molecular weight excluding hydrogens is 304 g/mol. The molecule has 0 unspecified atom stereocenters. The van der Waals surface area contributed by atoms with E-state index in [1.165, 1.54) is 28.7 Å². The summed E-state index contributed by atoms with van der Waals surface area (Å²) < 4.78 is 5.08. The Hall–Kier alpha value is -1.89. The van der Waals surface area contributed by atoms with Crippen LogP contribution in [0.15, 0.2) is 6.07 Å². The summed E-state index contributed by atoms with van der Waals surface area (Å²) in [4.78, 5) is 36.0. The Morgan fingerprint density at radius 1 is 1.50 bits per heavy atom. The zero-order valence-corrected chi connectivity index (χ0v) is 13.5. The van der Waals surface area contributed by atoms with Gasteiger partial charge in [-0.1, -0.05) is 13.3 Å². The molecule has 0 fully saturated rings. The quantitative estimate of drug-likeness (QED) is 0.828. The molecule has 1 heterocycles. The molecule has 22 heavy (non-hydrogen) atoms. The first-order valence-electron chi connectivity index (χ1n) is 7.33. The van der Waals surface area contributed by atoms with Crippen LogP contribution in [-0.2, 0) is 22.4 Å². The Bertz CT molecular complexity index is 596. The standard InChI is InChI=1S/C15H20N2O4S/c1-3-9-4-5-11-10(6-9)7-12(22-11)14(19)21-8(2)13(18)17-15(16)20/h7-9H,3-6H2,1-2H3,(H3,16,17,18,20)/t8-,9-/m1/s1. The molecule has 7 heteroatoms. The van der Waals surface area contributed by atoms with Crippen molar-refractivity contribution in [3.05, 3.63) is 21.4 Å². The van der Waals surface area contributed by atoms with Gasteiger partial charge in [-0.25, -0.2) is 9.59 Å². The van der Waals surface area contributed by atoms with E-state index in [9.17, 15) is 14.4 Å². The van der Waals surface area contributed by atoms with Crippen LogP contribution in [0.4, 0.5) is 4.79 Å². The number of ether oxygens (including phenoxy) is 1. The number of aryl methyl sites for hydroxylation is 1. The van der Waals surface area contributed by atoms with Crippen molar-refractivity contribution >= 4 is 29.2 Å². The van der Waals surface area contributed by atoms with E-state index in [1.807, 2.05) is 11.4 Å². The van der Waals surface area contributed by atoms with Crippen LogP contribution in [0.3, 0.4) is 0 Å². The Labute approximate surface area is 133 Å². The number of nitrogens with two attached hydrogens (primary N) is 1. The molecule has 0 bridgehead atoms. The zero-order valence-electron chi connectivity index (χ0n) is 12.7. The molecule has 3 N–H and O–H groups in total. The number of urea groups is 1. The normalized spacial score (nSPS) is 18.2. The summed E-state index contributed by atoms with van der Waals surface area (Å²) in [7, 11) is 0. The molecule has 2 rings (SSSR count). The number of nitrogens with one attached hydrogen (secondary N) is 1. The lowest BCUT2D eigenvalue weighted by molar-refractivity contribution is -0.127. The van der Waals surface area contributed by atoms with Gasteiger partial charge < -0.3 is 10.5 Å². The largest absolute Gasteiger partial charge is 0.448 e. The predicted octanol–water partition coefficient (Wildman–Crippen LogP) is 2.00. The molecule has 1 aromatic rings. The SMILES string of the molecule is CC[C@@H]1CCc2sc(C(=O)O[C@H](C)C(=O)NC(N)=O)cc2C1. The second-order valence-corrected chi connectivity index (χ2v) is 6.61. The van der Waals surface area contributed by atoms with E-state index in [1.54, 1.807) is 0 Å². The van der Waals surface area contributed by atoms with Gasteiger partial charge in [0.25, 0.3) is 5.91 Å². The van der Waals surface area contributed by atoms with Crippen LogP contribution < -0.4 is 11.1 Å². The van der Waals surface area contributed by atoms with Crippen LogP contribution in [0, 0.1) is 5.92 Å². The molecular formula is C15H20N2O4S. The number of carbonyl (C=O) groups is 3. The predicted molar refractivity (Wildman–Crippen MR) is 82.7 cm³/mol. The topological polar surface area (TPSA) is 98.5 Å². The maximum Gasteiger partial charge on any atom is 0.349 e. The fraction of sp³-hybridized carbons (Fsp3) is 0.533. The minimum absolute atomic E-state index is 0.500. The number of hydrogen-bond acceptors (Lipinski definition) is 5. The molecule has 6 nitrogen and oxygen atoms in total. The van der Waals surface area contributed by atoms with Gasteiger partial charge in [-0.15, -0.1) is 11.3 Å². The van der Waals surface area contributed by atoms with Crippen molar-refractivity contribution < 1.29 is 19.1 Å². The number of esters is 1. The Balaban J connectivity index is 2.00. The highest BCUT2D eigenvalue weighted by Crippen LogP contribution is 2.33. The highest BCUT2D eigenvalue weighted by atomic mass is 32.1. The lowest BCUT2D eigenvalue weighted by Crippen LogP contribution is -2.42. The molecule has 1 aliphatic carbocycles. The lowest BCUT2D eigenvalue weighted by atomic mass is 9.87. The van der Waals surface area contributed by atoms with Crippen LogP contribution >= 0.6 is 11.3 Å². The third-order valence-corrected chi connectivity index (χ3v) is 5.08. The van der Waals surface area contributed by atoms with Crippen molar-refractivity contribution in [1.82, 2.24) is 5.32 Å². The van der Waals surface area contributed by atoms with Crippen molar-refractivity contribution in [2.45, 2.75) is 45.6 Å². The molecule has 3 amide bonds. The molecule has 0 radical (unpaired) electrons. The first-order valence-corrected chi connectivity index (χ1v) is 8.15. The van der Waals surface area contributed by atoms with E-state index in [-0.39, 0.29) is 0 Å². The van der Waals surface area contributed by atoms with Gasteiger partial charge in [-0.2, -0.15) is 0 Å². The van der Waals surface area contributed by atoms with Crippen LogP contribution in [0.25, 0.3) is 0 Å². The third kappa shape index (κ3) is 3.85. The van der Waals surface area contributed by atoms with Crippen LogP contribution in [0.5, 0.6) is 0 Å². The number of amides is 3. The van der Waals surface area contributed by atoms with E-state index in [2.05, 4.69) is 6.92 Å². The summed E-state index contributed by atoms with van der Waals surface area (Å²) in [6, 6.07) is 0.896. The van der Waals surface area contributed by atoms with E-state index >= 15 is 0 Å². The Morgan fingerprint density at radius 2 is 2.23 bits per heavy atom. The number of primary amides is 1. The number of hydrogen-bond donors (Lipinski definition) is 2. The molecule has 1 aliphatic rings. The van der Waals surface area contributed by atoms with Crippen LogP contribution in [0.1, 0.15) is 46.8 Å². The van der Waals surface area contributed by atoms with Gasteiger partial charge >= 0.3 is 12.0 Å². The van der Waals surface area contributed by atoms with Gasteiger partial charge in [0.1, 0.15) is 4.88 Å². The molecule has 0 saturated carbocycles. The van der Waals surface area contributed by atoms with Crippen molar-refractivity contribution in [3.8, 4) is 0 Å². The smallest absolute Gasteiger partial charge is 0.349 e. The van der Waals surface area contributed by atoms with Crippen molar-refractivity contribution in [2.24, 2.45) is 11.7 Å². The summed E-state index contributed by atoms with van der Waals surface area (Å²) in [5.41, 5.74) is 6.07. The number of carbonyl (C=O) groups excluding carboxylic acids is 3. The summed E-state index contributed by atoms with van der Waals surface area (Å²) in [5.74, 6) is -0.598. The van der Waals surface area contributed by atoms with Gasteiger partial charge in [0.05, 0.1) is 0 Å². The summed E-state index contributed by atoms with van der Waals surface area (Å²) in [6.07, 6.45) is 3.20. The Kier molecular flexibility index (Phi) is 5.18. The van der Waals surface area contributed by atoms with Gasteiger partial charge in [0.15, 0.2) is 6.10 Å². The van der Waals surface area contributed by atoms with Crippen LogP contribution in [0.2, 0.25) is 0 Å². The first kappa shape index (κ1) is 16.5. The average Bonchev–Trinajstić information content (AvgIpc) is 2.89. The fourth-order valence-electron chi connectivity index (χ4n) is 2.54. The second kappa shape index (κ2) is 6.91. The molecule has 0 aromatic carbocycles. The Morgan fingerprint density at radius 3 is 2.86 bits per heavy atom. The number of fused-ring (bicyclic) bond motifs is 1. The van der Waals surface area contributed by atoms with Gasteiger partial charge in [-0.3, -0.25) is 10.1 Å². The van der Waals surface area contributed by atoms with E-state index in [4.69, 9.17) is 10.5 Å². The van der Waals surface area contributed by atoms with Crippen molar-refractivity contribution in [2.75, 3.05) is 0 Å². The second-order valence-electron chi connectivity index (χ2n) is 5.48. The number of rotatable bonds is 4. The van der Waals surface area contributed by atoms with E-state index < -0.39 is 24.0 Å². The van der Waals surface area contributed by atoms with Crippen molar-refractivity contribution in [3.63, 3.8) is 0 Å². The number of thiophene rings is 1. The monoisotopic (exact) mass is 324 g/mol. The minimum Gasteiger partial charge on any atom is -0.448 e. The molecule has 0 spiro atoms. The molecule has 0 saturated heterocycles. The molecule has 1 aromatic heterocycles. The van der Waals surface area contributed by atoms with Gasteiger partial charge in [0, 0.05) is 4.88 Å². The molecule has 2 atom stereocenters. The molecule has 0 aliphatic heterocycles. The summed E-state index contributed by atoms with van der Waals surface area (Å²) in [6.45, 7) is 3.58. The minimum atomic E-state index is -1.07. The zero-order chi connectivity index (χ0) is 16.3. The first-order chi connectivity index (χ1) is 10.4. The lowest BCUT2D eigenvalue weighted by Gasteiger charge is -2.19. The fourth-order valence-corrected chi connectivity index (χ4v) is 3.63. The maximum atomic E-state index is 12.1. The average molecular weight is 324 g/mol.